The van der Waals surface area contributed by atoms with Crippen LogP contribution in [0.5, 0.6) is 0 Å². The summed E-state index contributed by atoms with van der Waals surface area (Å²) in [5.74, 6) is 0.398. The van der Waals surface area contributed by atoms with Gasteiger partial charge in [-0.3, -0.25) is 4.79 Å². The van der Waals surface area contributed by atoms with E-state index in [-0.39, 0.29) is 5.91 Å². The Hall–Kier alpha value is -1.17. The van der Waals surface area contributed by atoms with Gasteiger partial charge in [0, 0.05) is 20.1 Å². The molecule has 0 aliphatic rings. The minimum atomic E-state index is -0.0549. The predicted molar refractivity (Wildman–Crippen MR) is 70.5 cm³/mol. The van der Waals surface area contributed by atoms with E-state index in [4.69, 9.17) is 0 Å². The molecule has 0 unspecified atom stereocenters. The Bertz CT molecular complexity index is 364. The van der Waals surface area contributed by atoms with Gasteiger partial charge in [0.15, 0.2) is 0 Å². The second kappa shape index (κ2) is 6.54. The van der Waals surface area contributed by atoms with E-state index >= 15 is 0 Å². The Balaban J connectivity index is 2.59. The van der Waals surface area contributed by atoms with Crippen molar-refractivity contribution in [2.75, 3.05) is 25.5 Å². The van der Waals surface area contributed by atoms with Gasteiger partial charge in [-0.25, -0.2) is 0 Å². The molecule has 96 valence electrons. The summed E-state index contributed by atoms with van der Waals surface area (Å²) in [7, 11) is 1.79. The van der Waals surface area contributed by atoms with Crippen molar-refractivity contribution in [3.63, 3.8) is 0 Å². The summed E-state index contributed by atoms with van der Waals surface area (Å²) in [6, 6.07) is 0. The van der Waals surface area contributed by atoms with Crippen LogP contribution in [0.1, 0.15) is 37.0 Å². The molecule has 1 aromatic rings. The Morgan fingerprint density at radius 1 is 1.47 bits per heavy atom. The lowest BCUT2D eigenvalue weighted by Crippen LogP contribution is -2.30. The molecule has 17 heavy (non-hydrogen) atoms. The molecular weight excluding hydrogens is 236 g/mol. The number of hydrogen-bond donors (Lipinski definition) is 1. The quantitative estimate of drug-likeness (QED) is 0.846. The number of rotatable bonds is 6. The van der Waals surface area contributed by atoms with Crippen LogP contribution < -0.4 is 5.32 Å². The van der Waals surface area contributed by atoms with E-state index in [0.29, 0.717) is 16.1 Å². The number of anilines is 1. The van der Waals surface area contributed by atoms with Crippen molar-refractivity contribution in [3.05, 3.63) is 5.01 Å². The first-order chi connectivity index (χ1) is 8.04. The minimum Gasteiger partial charge on any atom is -0.360 e. The number of carbonyl (C=O) groups is 1. The summed E-state index contributed by atoms with van der Waals surface area (Å²) >= 11 is 1.31. The molecule has 0 aliphatic heterocycles. The molecule has 0 radical (unpaired) electrons. The second-order valence-corrected chi connectivity index (χ2v) is 5.40. The van der Waals surface area contributed by atoms with Gasteiger partial charge in [0.25, 0.3) is 5.91 Å². The molecule has 0 saturated carbocycles. The number of hydrogen-bond acceptors (Lipinski definition) is 5. The van der Waals surface area contributed by atoms with E-state index < -0.39 is 0 Å². The van der Waals surface area contributed by atoms with E-state index in [1.807, 2.05) is 0 Å². The highest BCUT2D eigenvalue weighted by Crippen LogP contribution is 2.16. The maximum absolute atomic E-state index is 12.0. The van der Waals surface area contributed by atoms with E-state index in [1.165, 1.54) is 11.3 Å². The Morgan fingerprint density at radius 2 is 2.18 bits per heavy atom. The van der Waals surface area contributed by atoms with Crippen molar-refractivity contribution in [3.8, 4) is 0 Å². The Morgan fingerprint density at radius 3 is 2.76 bits per heavy atom. The van der Waals surface area contributed by atoms with Gasteiger partial charge in [0.2, 0.25) is 10.1 Å². The SMILES string of the molecule is CCCNc1nnc(C(=O)N(C)CC(C)C)s1. The first-order valence-corrected chi connectivity index (χ1v) is 6.69. The van der Waals surface area contributed by atoms with E-state index in [9.17, 15) is 4.79 Å². The van der Waals surface area contributed by atoms with Gasteiger partial charge in [-0.2, -0.15) is 0 Å². The summed E-state index contributed by atoms with van der Waals surface area (Å²) in [5, 5.41) is 12.1. The standard InChI is InChI=1S/C11H20N4OS/c1-5-6-12-11-14-13-9(17-11)10(16)15(4)7-8(2)3/h8H,5-7H2,1-4H3,(H,12,14). The lowest BCUT2D eigenvalue weighted by Gasteiger charge is -2.17. The zero-order valence-electron chi connectivity index (χ0n) is 10.9. The number of aromatic nitrogens is 2. The van der Waals surface area contributed by atoms with Gasteiger partial charge in [0.05, 0.1) is 0 Å². The topological polar surface area (TPSA) is 58.1 Å². The normalized spacial score (nSPS) is 10.6. The molecule has 0 atom stereocenters. The molecule has 0 aromatic carbocycles. The van der Waals surface area contributed by atoms with E-state index in [0.717, 1.165) is 19.5 Å². The first kappa shape index (κ1) is 13.9. The average Bonchev–Trinajstić information content (AvgIpc) is 2.72. The predicted octanol–water partition coefficient (Wildman–Crippen LogP) is 2.09. The monoisotopic (exact) mass is 256 g/mol. The van der Waals surface area contributed by atoms with Crippen molar-refractivity contribution in [2.24, 2.45) is 5.92 Å². The molecule has 0 saturated heterocycles. The van der Waals surface area contributed by atoms with Gasteiger partial charge >= 0.3 is 0 Å². The fourth-order valence-corrected chi connectivity index (χ4v) is 2.17. The third kappa shape index (κ3) is 4.30. The highest BCUT2D eigenvalue weighted by molar-refractivity contribution is 7.17. The molecule has 1 rings (SSSR count). The molecule has 1 heterocycles. The number of amides is 1. The van der Waals surface area contributed by atoms with Crippen LogP contribution in [0, 0.1) is 5.92 Å². The van der Waals surface area contributed by atoms with Crippen LogP contribution in [0.15, 0.2) is 0 Å². The molecular formula is C11H20N4OS. The highest BCUT2D eigenvalue weighted by Gasteiger charge is 2.17. The van der Waals surface area contributed by atoms with Crippen molar-refractivity contribution >= 4 is 22.4 Å². The smallest absolute Gasteiger partial charge is 0.284 e. The number of carbonyl (C=O) groups excluding carboxylic acids is 1. The van der Waals surface area contributed by atoms with Crippen LogP contribution in [-0.2, 0) is 0 Å². The van der Waals surface area contributed by atoms with Crippen LogP contribution in [0.25, 0.3) is 0 Å². The van der Waals surface area contributed by atoms with Gasteiger partial charge in [-0.1, -0.05) is 32.1 Å². The van der Waals surface area contributed by atoms with Crippen molar-refractivity contribution in [1.82, 2.24) is 15.1 Å². The third-order valence-electron chi connectivity index (χ3n) is 2.12. The van der Waals surface area contributed by atoms with Crippen LogP contribution in [0.3, 0.4) is 0 Å². The average molecular weight is 256 g/mol. The van der Waals surface area contributed by atoms with Crippen LogP contribution >= 0.6 is 11.3 Å². The van der Waals surface area contributed by atoms with E-state index in [2.05, 4.69) is 36.3 Å². The van der Waals surface area contributed by atoms with Crippen molar-refractivity contribution < 1.29 is 4.79 Å². The van der Waals surface area contributed by atoms with E-state index in [1.54, 1.807) is 11.9 Å². The summed E-state index contributed by atoms with van der Waals surface area (Å²) in [6.45, 7) is 7.83. The second-order valence-electron chi connectivity index (χ2n) is 4.42. The zero-order valence-corrected chi connectivity index (χ0v) is 11.7. The maximum Gasteiger partial charge on any atom is 0.284 e. The minimum absolute atomic E-state index is 0.0549. The van der Waals surface area contributed by atoms with Crippen LogP contribution in [0.2, 0.25) is 0 Å². The van der Waals surface area contributed by atoms with Gasteiger partial charge in [-0.05, 0) is 12.3 Å². The lowest BCUT2D eigenvalue weighted by molar-refractivity contribution is 0.0778. The highest BCUT2D eigenvalue weighted by atomic mass is 32.1. The largest absolute Gasteiger partial charge is 0.360 e. The Kier molecular flexibility index (Phi) is 5.34. The molecule has 0 fully saturated rings. The molecule has 1 aromatic heterocycles. The number of nitrogens with one attached hydrogen (secondary N) is 1. The molecule has 6 heteroatoms. The van der Waals surface area contributed by atoms with Gasteiger partial charge in [0.1, 0.15) is 0 Å². The molecule has 1 N–H and O–H groups in total. The molecule has 0 spiro atoms. The number of nitrogens with zero attached hydrogens (tertiary/aromatic N) is 3. The lowest BCUT2D eigenvalue weighted by atomic mass is 10.2. The first-order valence-electron chi connectivity index (χ1n) is 5.87. The van der Waals surface area contributed by atoms with Gasteiger partial charge < -0.3 is 10.2 Å². The summed E-state index contributed by atoms with van der Waals surface area (Å²) < 4.78 is 0. The van der Waals surface area contributed by atoms with Crippen molar-refractivity contribution in [2.45, 2.75) is 27.2 Å². The fraction of sp³-hybridized carbons (Fsp3) is 0.727. The third-order valence-corrected chi connectivity index (χ3v) is 2.99. The molecule has 5 nitrogen and oxygen atoms in total. The summed E-state index contributed by atoms with van der Waals surface area (Å²) in [4.78, 5) is 13.7. The summed E-state index contributed by atoms with van der Waals surface area (Å²) in [6.07, 6.45) is 1.02. The maximum atomic E-state index is 12.0. The molecule has 1 amide bonds. The van der Waals surface area contributed by atoms with Crippen LogP contribution in [0.4, 0.5) is 5.13 Å². The molecule has 0 aliphatic carbocycles. The van der Waals surface area contributed by atoms with Gasteiger partial charge in [-0.15, -0.1) is 10.2 Å². The van der Waals surface area contributed by atoms with Crippen molar-refractivity contribution in [1.29, 1.82) is 0 Å². The molecule has 0 bridgehead atoms. The summed E-state index contributed by atoms with van der Waals surface area (Å²) in [5.41, 5.74) is 0. The fourth-order valence-electron chi connectivity index (χ4n) is 1.41. The zero-order chi connectivity index (χ0) is 12.8. The van der Waals surface area contributed by atoms with Crippen LogP contribution in [-0.4, -0.2) is 41.1 Å². The Labute approximate surface area is 106 Å².